The molecule has 5 nitrogen and oxygen atoms in total. The Morgan fingerprint density at radius 1 is 1.08 bits per heavy atom. The highest BCUT2D eigenvalue weighted by atomic mass is 16.2. The van der Waals surface area contributed by atoms with Gasteiger partial charge in [-0.2, -0.15) is 0 Å². The van der Waals surface area contributed by atoms with Gasteiger partial charge in [0.1, 0.15) is 0 Å². The van der Waals surface area contributed by atoms with Crippen molar-refractivity contribution in [2.45, 2.75) is 26.2 Å². The molecule has 0 N–H and O–H groups in total. The Bertz CT molecular complexity index is 735. The second-order valence-electron chi connectivity index (χ2n) is 6.78. The number of carbonyl (C=O) groups is 1. The van der Waals surface area contributed by atoms with E-state index in [9.17, 15) is 4.79 Å². The summed E-state index contributed by atoms with van der Waals surface area (Å²) >= 11 is 0. The van der Waals surface area contributed by atoms with Crippen molar-refractivity contribution in [2.75, 3.05) is 24.5 Å². The molecule has 1 saturated heterocycles. The number of carbonyl (C=O) groups excluding carboxylic acids is 1. The van der Waals surface area contributed by atoms with Gasteiger partial charge in [-0.1, -0.05) is 25.1 Å². The standard InChI is InChI=1S/C19H22N4O/c1-14-6-9-22(10-7-14)18(24)16-12-20-19(21-13-16)23-11-8-15-4-2-3-5-17(15)23/h2-5,12-14H,6-11H2,1H3. The molecule has 1 aromatic carbocycles. The van der Waals surface area contributed by atoms with E-state index in [1.54, 1.807) is 12.4 Å². The molecule has 4 rings (SSSR count). The molecule has 124 valence electrons. The number of benzene rings is 1. The number of rotatable bonds is 2. The van der Waals surface area contributed by atoms with E-state index < -0.39 is 0 Å². The first kappa shape index (κ1) is 15.1. The number of hydrogen-bond acceptors (Lipinski definition) is 4. The first-order valence-corrected chi connectivity index (χ1v) is 8.69. The molecule has 0 atom stereocenters. The Balaban J connectivity index is 1.50. The molecule has 2 aliphatic heterocycles. The highest BCUT2D eigenvalue weighted by Gasteiger charge is 2.24. The summed E-state index contributed by atoms with van der Waals surface area (Å²) in [6.45, 7) is 4.80. The van der Waals surface area contributed by atoms with E-state index >= 15 is 0 Å². The van der Waals surface area contributed by atoms with Crippen molar-refractivity contribution in [3.63, 3.8) is 0 Å². The predicted molar refractivity (Wildman–Crippen MR) is 93.5 cm³/mol. The molecular weight excluding hydrogens is 300 g/mol. The SMILES string of the molecule is CC1CCN(C(=O)c2cnc(N3CCc4ccccc43)nc2)CC1. The second-order valence-corrected chi connectivity index (χ2v) is 6.78. The van der Waals surface area contributed by atoms with Crippen molar-refractivity contribution in [3.05, 3.63) is 47.8 Å². The van der Waals surface area contributed by atoms with Gasteiger partial charge in [0.15, 0.2) is 0 Å². The van der Waals surface area contributed by atoms with Crippen LogP contribution in [0.4, 0.5) is 11.6 Å². The average molecular weight is 322 g/mol. The summed E-state index contributed by atoms with van der Waals surface area (Å²) in [4.78, 5) is 25.5. The van der Waals surface area contributed by atoms with E-state index in [2.05, 4.69) is 40.0 Å². The Morgan fingerprint density at radius 3 is 2.54 bits per heavy atom. The van der Waals surface area contributed by atoms with Gasteiger partial charge in [0.25, 0.3) is 5.91 Å². The van der Waals surface area contributed by atoms with Crippen LogP contribution in [-0.4, -0.2) is 40.4 Å². The van der Waals surface area contributed by atoms with Crippen LogP contribution in [0.5, 0.6) is 0 Å². The third-order valence-electron chi connectivity index (χ3n) is 5.08. The number of likely N-dealkylation sites (tertiary alicyclic amines) is 1. The van der Waals surface area contributed by atoms with Gasteiger partial charge < -0.3 is 9.80 Å². The van der Waals surface area contributed by atoms with Crippen LogP contribution >= 0.6 is 0 Å². The number of anilines is 2. The van der Waals surface area contributed by atoms with Gasteiger partial charge in [-0.25, -0.2) is 9.97 Å². The number of para-hydroxylation sites is 1. The minimum atomic E-state index is 0.0512. The van der Waals surface area contributed by atoms with E-state index in [1.807, 2.05) is 11.0 Å². The molecule has 5 heteroatoms. The fourth-order valence-electron chi connectivity index (χ4n) is 3.51. The molecule has 0 aliphatic carbocycles. The zero-order valence-electron chi connectivity index (χ0n) is 14.0. The molecule has 0 radical (unpaired) electrons. The van der Waals surface area contributed by atoms with Crippen LogP contribution in [0, 0.1) is 5.92 Å². The Hall–Kier alpha value is -2.43. The van der Waals surface area contributed by atoms with Crippen molar-refractivity contribution >= 4 is 17.5 Å². The van der Waals surface area contributed by atoms with Crippen LogP contribution in [0.1, 0.15) is 35.7 Å². The predicted octanol–water partition coefficient (Wildman–Crippen LogP) is 3.04. The molecule has 1 amide bonds. The third-order valence-corrected chi connectivity index (χ3v) is 5.08. The zero-order chi connectivity index (χ0) is 16.5. The summed E-state index contributed by atoms with van der Waals surface area (Å²) in [7, 11) is 0. The van der Waals surface area contributed by atoms with Crippen LogP contribution in [0.2, 0.25) is 0 Å². The minimum absolute atomic E-state index is 0.0512. The topological polar surface area (TPSA) is 49.3 Å². The number of nitrogens with zero attached hydrogens (tertiary/aromatic N) is 4. The van der Waals surface area contributed by atoms with E-state index in [-0.39, 0.29) is 5.91 Å². The summed E-state index contributed by atoms with van der Waals surface area (Å²) in [5.41, 5.74) is 3.08. The van der Waals surface area contributed by atoms with Gasteiger partial charge in [-0.3, -0.25) is 4.79 Å². The van der Waals surface area contributed by atoms with Crippen molar-refractivity contribution in [2.24, 2.45) is 5.92 Å². The maximum Gasteiger partial charge on any atom is 0.256 e. The van der Waals surface area contributed by atoms with E-state index in [4.69, 9.17) is 0 Å². The van der Waals surface area contributed by atoms with Gasteiger partial charge in [-0.15, -0.1) is 0 Å². The highest BCUT2D eigenvalue weighted by Crippen LogP contribution is 2.32. The van der Waals surface area contributed by atoms with E-state index in [0.717, 1.165) is 38.9 Å². The second kappa shape index (κ2) is 6.23. The highest BCUT2D eigenvalue weighted by molar-refractivity contribution is 5.93. The fourth-order valence-corrected chi connectivity index (χ4v) is 3.51. The minimum Gasteiger partial charge on any atom is -0.339 e. The van der Waals surface area contributed by atoms with Gasteiger partial charge >= 0.3 is 0 Å². The van der Waals surface area contributed by atoms with Crippen molar-refractivity contribution in [1.29, 1.82) is 0 Å². The van der Waals surface area contributed by atoms with Crippen molar-refractivity contribution in [3.8, 4) is 0 Å². The summed E-state index contributed by atoms with van der Waals surface area (Å²) in [5.74, 6) is 1.43. The lowest BCUT2D eigenvalue weighted by atomic mass is 9.99. The number of amides is 1. The van der Waals surface area contributed by atoms with Gasteiger partial charge in [0.05, 0.1) is 5.56 Å². The van der Waals surface area contributed by atoms with E-state index in [1.165, 1.54) is 11.3 Å². The summed E-state index contributed by atoms with van der Waals surface area (Å²) in [5, 5.41) is 0. The molecule has 2 aliphatic rings. The number of fused-ring (bicyclic) bond motifs is 1. The van der Waals surface area contributed by atoms with Crippen molar-refractivity contribution < 1.29 is 4.79 Å². The summed E-state index contributed by atoms with van der Waals surface area (Å²) in [6, 6.07) is 8.33. The van der Waals surface area contributed by atoms with Crippen LogP contribution < -0.4 is 4.90 Å². The van der Waals surface area contributed by atoms with Crippen LogP contribution in [0.25, 0.3) is 0 Å². The number of hydrogen-bond donors (Lipinski definition) is 0. The first-order chi connectivity index (χ1) is 11.7. The van der Waals surface area contributed by atoms with Gasteiger partial charge in [0, 0.05) is 37.7 Å². The van der Waals surface area contributed by atoms with Crippen LogP contribution in [0.3, 0.4) is 0 Å². The Kier molecular flexibility index (Phi) is 3.92. The van der Waals surface area contributed by atoms with Gasteiger partial charge in [0.2, 0.25) is 5.95 Å². The lowest BCUT2D eigenvalue weighted by Gasteiger charge is -2.30. The van der Waals surface area contributed by atoms with Crippen LogP contribution in [0.15, 0.2) is 36.7 Å². The normalized spacial score (nSPS) is 17.9. The third kappa shape index (κ3) is 2.75. The molecule has 2 aromatic rings. The molecule has 3 heterocycles. The number of piperidine rings is 1. The largest absolute Gasteiger partial charge is 0.339 e. The molecule has 1 fully saturated rings. The van der Waals surface area contributed by atoms with Crippen LogP contribution in [-0.2, 0) is 6.42 Å². The maximum atomic E-state index is 12.6. The molecule has 0 saturated carbocycles. The summed E-state index contributed by atoms with van der Waals surface area (Å²) in [6.07, 6.45) is 6.50. The molecular formula is C19H22N4O. The molecule has 0 spiro atoms. The van der Waals surface area contributed by atoms with E-state index in [0.29, 0.717) is 17.4 Å². The smallest absolute Gasteiger partial charge is 0.256 e. The first-order valence-electron chi connectivity index (χ1n) is 8.69. The lowest BCUT2D eigenvalue weighted by Crippen LogP contribution is -2.38. The molecule has 1 aromatic heterocycles. The fraction of sp³-hybridized carbons (Fsp3) is 0.421. The average Bonchev–Trinajstić information content (AvgIpc) is 3.06. The Labute approximate surface area is 142 Å². The van der Waals surface area contributed by atoms with Crippen molar-refractivity contribution in [1.82, 2.24) is 14.9 Å². The molecule has 0 bridgehead atoms. The Morgan fingerprint density at radius 2 is 1.79 bits per heavy atom. The monoisotopic (exact) mass is 322 g/mol. The molecule has 24 heavy (non-hydrogen) atoms. The lowest BCUT2D eigenvalue weighted by molar-refractivity contribution is 0.0696. The molecule has 0 unspecified atom stereocenters. The number of aromatic nitrogens is 2. The summed E-state index contributed by atoms with van der Waals surface area (Å²) < 4.78 is 0. The maximum absolute atomic E-state index is 12.6. The quantitative estimate of drug-likeness (QED) is 0.853. The zero-order valence-corrected chi connectivity index (χ0v) is 14.0. The van der Waals surface area contributed by atoms with Gasteiger partial charge in [-0.05, 0) is 36.8 Å².